The molecule has 0 aliphatic carbocycles. The Kier molecular flexibility index (Phi) is 5.88. The molecule has 0 aliphatic heterocycles. The number of aromatic amines is 1. The summed E-state index contributed by atoms with van der Waals surface area (Å²) in [6.45, 7) is 1.87. The lowest BCUT2D eigenvalue weighted by molar-refractivity contribution is 0.0523. The van der Waals surface area contributed by atoms with Gasteiger partial charge in [0.05, 0.1) is 16.7 Å². The quantitative estimate of drug-likeness (QED) is 0.502. The van der Waals surface area contributed by atoms with E-state index in [9.17, 15) is 9.59 Å². The zero-order valence-electron chi connectivity index (χ0n) is 11.6. The van der Waals surface area contributed by atoms with Gasteiger partial charge in [-0.3, -0.25) is 4.79 Å². The van der Waals surface area contributed by atoms with Crippen molar-refractivity contribution in [3.05, 3.63) is 55.9 Å². The van der Waals surface area contributed by atoms with Gasteiger partial charge in [-0.2, -0.15) is 0 Å². The topological polar surface area (TPSA) is 72.0 Å². The summed E-state index contributed by atoms with van der Waals surface area (Å²) in [5.41, 5.74) is 0.308. The number of carbonyl (C=O) groups excluding carboxylic acids is 1. The summed E-state index contributed by atoms with van der Waals surface area (Å²) in [6, 6.07) is 5.30. The Bertz CT molecular complexity index is 749. The van der Waals surface area contributed by atoms with Crippen LogP contribution in [-0.4, -0.2) is 22.5 Å². The van der Waals surface area contributed by atoms with Crippen LogP contribution in [0.4, 0.5) is 0 Å². The number of rotatable bonds is 5. The van der Waals surface area contributed by atoms with Gasteiger partial charge < -0.3 is 9.72 Å². The van der Waals surface area contributed by atoms with Crippen molar-refractivity contribution in [2.75, 3.05) is 6.61 Å². The van der Waals surface area contributed by atoms with Crippen molar-refractivity contribution in [1.82, 2.24) is 9.97 Å². The lowest BCUT2D eigenvalue weighted by Crippen LogP contribution is -2.20. The monoisotopic (exact) mass is 358 g/mol. The molecule has 0 aliphatic rings. The van der Waals surface area contributed by atoms with Crippen molar-refractivity contribution < 1.29 is 9.53 Å². The average Bonchev–Trinajstić information content (AvgIpc) is 2.48. The number of nitrogens with zero attached hydrogens (tertiary/aromatic N) is 1. The van der Waals surface area contributed by atoms with Crippen LogP contribution in [0.3, 0.4) is 0 Å². The van der Waals surface area contributed by atoms with Gasteiger partial charge in [0, 0.05) is 11.9 Å². The molecule has 5 nitrogen and oxygen atoms in total. The number of ether oxygens (including phenoxy) is 1. The maximum Gasteiger partial charge on any atom is 0.345 e. The van der Waals surface area contributed by atoms with E-state index in [0.29, 0.717) is 21.0 Å². The molecule has 8 heteroatoms. The molecular formula is C14H12Cl2N2O3S. The van der Waals surface area contributed by atoms with Gasteiger partial charge in [0.15, 0.2) is 5.16 Å². The van der Waals surface area contributed by atoms with E-state index in [4.69, 9.17) is 27.9 Å². The number of nitrogens with one attached hydrogen (secondary N) is 1. The van der Waals surface area contributed by atoms with Crippen molar-refractivity contribution in [3.63, 3.8) is 0 Å². The Morgan fingerprint density at radius 2 is 2.14 bits per heavy atom. The zero-order chi connectivity index (χ0) is 16.1. The molecule has 0 radical (unpaired) electrons. The van der Waals surface area contributed by atoms with Gasteiger partial charge in [-0.15, -0.1) is 0 Å². The second-order valence-corrected chi connectivity index (χ2v) is 5.97. The first-order chi connectivity index (χ1) is 10.5. The van der Waals surface area contributed by atoms with Gasteiger partial charge in [-0.25, -0.2) is 9.78 Å². The van der Waals surface area contributed by atoms with Crippen LogP contribution in [0.2, 0.25) is 10.0 Å². The van der Waals surface area contributed by atoms with Gasteiger partial charge in [0.25, 0.3) is 5.56 Å². The molecule has 0 atom stereocenters. The van der Waals surface area contributed by atoms with E-state index in [1.807, 2.05) is 6.07 Å². The molecule has 0 saturated heterocycles. The molecule has 22 heavy (non-hydrogen) atoms. The number of hydrogen-bond acceptors (Lipinski definition) is 5. The van der Waals surface area contributed by atoms with Crippen LogP contribution >= 0.6 is 35.0 Å². The minimum Gasteiger partial charge on any atom is -0.462 e. The van der Waals surface area contributed by atoms with Crippen LogP contribution in [0.5, 0.6) is 0 Å². The van der Waals surface area contributed by atoms with Gasteiger partial charge in [-0.1, -0.05) is 41.0 Å². The maximum absolute atomic E-state index is 11.8. The first-order valence-electron chi connectivity index (χ1n) is 6.34. The molecule has 0 amide bonds. The number of aromatic nitrogens is 2. The third kappa shape index (κ3) is 4.25. The molecule has 0 fully saturated rings. The highest BCUT2D eigenvalue weighted by Gasteiger charge is 2.13. The molecule has 0 unspecified atom stereocenters. The molecule has 1 aromatic carbocycles. The zero-order valence-corrected chi connectivity index (χ0v) is 13.9. The van der Waals surface area contributed by atoms with E-state index in [0.717, 1.165) is 5.56 Å². The van der Waals surface area contributed by atoms with Crippen LogP contribution in [-0.2, 0) is 10.5 Å². The summed E-state index contributed by atoms with van der Waals surface area (Å²) in [5, 5.41) is 1.36. The summed E-state index contributed by atoms with van der Waals surface area (Å²) in [6.07, 6.45) is 1.22. The number of hydrogen-bond donors (Lipinski definition) is 1. The van der Waals surface area contributed by atoms with Crippen LogP contribution in [0.1, 0.15) is 22.8 Å². The fourth-order valence-electron chi connectivity index (χ4n) is 1.59. The number of carbonyl (C=O) groups is 1. The largest absolute Gasteiger partial charge is 0.462 e. The first kappa shape index (κ1) is 16.9. The van der Waals surface area contributed by atoms with Gasteiger partial charge in [0.2, 0.25) is 0 Å². The predicted molar refractivity (Wildman–Crippen MR) is 86.8 cm³/mol. The molecule has 116 valence electrons. The number of esters is 1. The molecule has 0 spiro atoms. The molecule has 2 aromatic rings. The van der Waals surface area contributed by atoms with Crippen LogP contribution in [0, 0.1) is 0 Å². The van der Waals surface area contributed by atoms with Crippen molar-refractivity contribution >= 4 is 40.9 Å². The summed E-state index contributed by atoms with van der Waals surface area (Å²) < 4.78 is 4.77. The molecule has 0 saturated carbocycles. The van der Waals surface area contributed by atoms with Crippen molar-refractivity contribution in [2.45, 2.75) is 17.8 Å². The Balaban J connectivity index is 2.07. The first-order valence-corrected chi connectivity index (χ1v) is 8.08. The summed E-state index contributed by atoms with van der Waals surface area (Å²) in [7, 11) is 0. The Morgan fingerprint density at radius 3 is 2.77 bits per heavy atom. The highest BCUT2D eigenvalue weighted by molar-refractivity contribution is 7.98. The lowest BCUT2D eigenvalue weighted by atomic mass is 10.2. The van der Waals surface area contributed by atoms with Gasteiger partial charge >= 0.3 is 5.97 Å². The van der Waals surface area contributed by atoms with Crippen LogP contribution in [0.15, 0.2) is 34.3 Å². The third-order valence-electron chi connectivity index (χ3n) is 2.63. The van der Waals surface area contributed by atoms with E-state index < -0.39 is 11.5 Å². The number of thioether (sulfide) groups is 1. The smallest absolute Gasteiger partial charge is 0.345 e. The Morgan fingerprint density at radius 1 is 1.36 bits per heavy atom. The highest BCUT2D eigenvalue weighted by atomic mass is 35.5. The van der Waals surface area contributed by atoms with E-state index >= 15 is 0 Å². The minimum absolute atomic E-state index is 0.110. The average molecular weight is 359 g/mol. The van der Waals surface area contributed by atoms with Gasteiger partial charge in [-0.05, 0) is 24.6 Å². The highest BCUT2D eigenvalue weighted by Crippen LogP contribution is 2.26. The summed E-state index contributed by atoms with van der Waals surface area (Å²) >= 11 is 13.1. The van der Waals surface area contributed by atoms with E-state index in [1.165, 1.54) is 18.0 Å². The van der Waals surface area contributed by atoms with Gasteiger partial charge in [0.1, 0.15) is 5.56 Å². The predicted octanol–water partition coefficient (Wildman–Crippen LogP) is 3.55. The van der Waals surface area contributed by atoms with E-state index in [2.05, 4.69) is 9.97 Å². The van der Waals surface area contributed by atoms with E-state index in [1.54, 1.807) is 19.1 Å². The van der Waals surface area contributed by atoms with Crippen molar-refractivity contribution in [2.24, 2.45) is 0 Å². The summed E-state index contributed by atoms with van der Waals surface area (Å²) in [4.78, 5) is 29.9. The normalized spacial score (nSPS) is 10.5. The fraction of sp³-hybridized carbons (Fsp3) is 0.214. The summed E-state index contributed by atoms with van der Waals surface area (Å²) in [5.74, 6) is -0.129. The minimum atomic E-state index is -0.683. The molecule has 1 N–H and O–H groups in total. The second-order valence-electron chi connectivity index (χ2n) is 4.19. The number of benzene rings is 1. The molecule has 1 heterocycles. The molecule has 0 bridgehead atoms. The van der Waals surface area contributed by atoms with E-state index in [-0.39, 0.29) is 12.2 Å². The SMILES string of the molecule is CCOC(=O)c1cnc(SCc2ccc(Cl)c(Cl)c2)[nH]c1=O. The third-order valence-corrected chi connectivity index (χ3v) is 4.33. The lowest BCUT2D eigenvalue weighted by Gasteiger charge is -2.04. The van der Waals surface area contributed by atoms with Crippen LogP contribution in [0.25, 0.3) is 0 Å². The Hall–Kier alpha value is -1.50. The molecule has 1 aromatic heterocycles. The standard InChI is InChI=1S/C14H12Cl2N2O3S/c1-2-21-13(20)9-6-17-14(18-12(9)19)22-7-8-3-4-10(15)11(16)5-8/h3-6H,2,7H2,1H3,(H,17,18,19). The Labute approximate surface area is 141 Å². The van der Waals surface area contributed by atoms with Crippen LogP contribution < -0.4 is 5.56 Å². The number of halogens is 2. The molecular weight excluding hydrogens is 347 g/mol. The number of H-pyrrole nitrogens is 1. The molecule has 2 rings (SSSR count). The second kappa shape index (κ2) is 7.67. The fourth-order valence-corrected chi connectivity index (χ4v) is 2.68. The van der Waals surface area contributed by atoms with Crippen molar-refractivity contribution in [1.29, 1.82) is 0 Å². The van der Waals surface area contributed by atoms with Crippen molar-refractivity contribution in [3.8, 4) is 0 Å². The maximum atomic E-state index is 11.8.